The Bertz CT molecular complexity index is 834. The molecule has 1 aromatic carbocycles. The highest BCUT2D eigenvalue weighted by atomic mass is 35.5. The highest BCUT2D eigenvalue weighted by Gasteiger charge is 2.27. The molecule has 126 valence electrons. The van der Waals surface area contributed by atoms with Gasteiger partial charge in [0.2, 0.25) is 0 Å². The molecular weight excluding hydrogens is 350 g/mol. The van der Waals surface area contributed by atoms with Crippen LogP contribution in [0.25, 0.3) is 0 Å². The second-order valence-corrected chi connectivity index (χ2v) is 7.51. The molecule has 0 saturated carbocycles. The molecule has 6 nitrogen and oxygen atoms in total. The van der Waals surface area contributed by atoms with Crippen LogP contribution >= 0.6 is 22.9 Å². The van der Waals surface area contributed by atoms with Crippen LogP contribution in [0, 0.1) is 16.0 Å². The number of nitrogen functional groups attached to an aromatic ring is 1. The van der Waals surface area contributed by atoms with Gasteiger partial charge < -0.3 is 11.1 Å². The Balaban J connectivity index is 1.92. The number of halogens is 1. The second kappa shape index (κ2) is 6.41. The number of amides is 1. The third kappa shape index (κ3) is 3.09. The van der Waals surface area contributed by atoms with Gasteiger partial charge >= 0.3 is 0 Å². The number of nitrogens with two attached hydrogens (primary N) is 1. The van der Waals surface area contributed by atoms with Gasteiger partial charge in [0.15, 0.2) is 0 Å². The van der Waals surface area contributed by atoms with E-state index in [1.807, 2.05) is 0 Å². The van der Waals surface area contributed by atoms with Crippen molar-refractivity contribution in [1.82, 2.24) is 0 Å². The van der Waals surface area contributed by atoms with Crippen LogP contribution in [0.1, 0.15) is 34.1 Å². The number of hydrogen-bond donors (Lipinski definition) is 2. The third-order valence-electron chi connectivity index (χ3n) is 4.17. The van der Waals surface area contributed by atoms with Crippen molar-refractivity contribution in [2.24, 2.45) is 5.92 Å². The number of nitrogens with one attached hydrogen (secondary N) is 1. The minimum absolute atomic E-state index is 0.135. The zero-order valence-electron chi connectivity index (χ0n) is 13.0. The molecule has 2 aromatic rings. The number of thiophene rings is 1. The van der Waals surface area contributed by atoms with E-state index in [0.29, 0.717) is 16.5 Å². The molecule has 0 saturated heterocycles. The zero-order valence-corrected chi connectivity index (χ0v) is 14.5. The van der Waals surface area contributed by atoms with E-state index in [0.717, 1.165) is 29.7 Å². The first-order chi connectivity index (χ1) is 11.4. The summed E-state index contributed by atoms with van der Waals surface area (Å²) in [5.41, 5.74) is 7.60. The summed E-state index contributed by atoms with van der Waals surface area (Å²) >= 11 is 7.49. The average Bonchev–Trinajstić information content (AvgIpc) is 2.84. The van der Waals surface area contributed by atoms with Gasteiger partial charge in [0.25, 0.3) is 11.6 Å². The minimum Gasteiger partial charge on any atom is -0.390 e. The molecule has 3 rings (SSSR count). The molecule has 1 aromatic heterocycles. The van der Waals surface area contributed by atoms with E-state index in [4.69, 9.17) is 17.3 Å². The van der Waals surface area contributed by atoms with E-state index in [1.54, 1.807) is 0 Å². The number of fused-ring (bicyclic) bond motifs is 1. The quantitative estimate of drug-likeness (QED) is 0.626. The number of nitro groups is 1. The molecule has 0 spiro atoms. The Morgan fingerprint density at radius 3 is 2.96 bits per heavy atom. The fourth-order valence-electron chi connectivity index (χ4n) is 2.93. The van der Waals surface area contributed by atoms with Crippen LogP contribution in [0.2, 0.25) is 5.02 Å². The number of nitro benzene ring substituents is 1. The summed E-state index contributed by atoms with van der Waals surface area (Å²) in [6, 6.07) is 3.93. The van der Waals surface area contributed by atoms with Crippen LogP contribution in [-0.2, 0) is 12.8 Å². The van der Waals surface area contributed by atoms with E-state index < -0.39 is 4.92 Å². The Labute approximate surface area is 147 Å². The lowest BCUT2D eigenvalue weighted by molar-refractivity contribution is -0.384. The van der Waals surface area contributed by atoms with Crippen molar-refractivity contribution in [1.29, 1.82) is 0 Å². The van der Waals surface area contributed by atoms with Gasteiger partial charge in [-0.15, -0.1) is 11.3 Å². The first-order valence-corrected chi connectivity index (χ1v) is 8.71. The van der Waals surface area contributed by atoms with Crippen LogP contribution in [0.5, 0.6) is 0 Å². The molecule has 0 radical (unpaired) electrons. The summed E-state index contributed by atoms with van der Waals surface area (Å²) in [6.45, 7) is 2.18. The Kier molecular flexibility index (Phi) is 4.47. The van der Waals surface area contributed by atoms with Gasteiger partial charge in [-0.3, -0.25) is 14.9 Å². The van der Waals surface area contributed by atoms with E-state index in [9.17, 15) is 14.9 Å². The number of non-ortho nitro benzene ring substituents is 1. The van der Waals surface area contributed by atoms with Gasteiger partial charge in [-0.05, 0) is 36.8 Å². The van der Waals surface area contributed by atoms with Crippen molar-refractivity contribution in [2.75, 3.05) is 11.1 Å². The summed E-state index contributed by atoms with van der Waals surface area (Å²) < 4.78 is 0. The van der Waals surface area contributed by atoms with Gasteiger partial charge in [-0.1, -0.05) is 18.5 Å². The summed E-state index contributed by atoms with van der Waals surface area (Å²) in [7, 11) is 0. The van der Waals surface area contributed by atoms with Crippen molar-refractivity contribution in [2.45, 2.75) is 26.2 Å². The molecule has 1 aliphatic carbocycles. The predicted molar refractivity (Wildman–Crippen MR) is 96.0 cm³/mol. The van der Waals surface area contributed by atoms with Gasteiger partial charge in [0.1, 0.15) is 0 Å². The Morgan fingerprint density at radius 2 is 2.25 bits per heavy atom. The third-order valence-corrected chi connectivity index (χ3v) is 5.59. The van der Waals surface area contributed by atoms with E-state index in [2.05, 4.69) is 12.2 Å². The molecule has 1 amide bonds. The molecule has 1 heterocycles. The van der Waals surface area contributed by atoms with Gasteiger partial charge in [-0.2, -0.15) is 0 Å². The molecule has 0 aliphatic heterocycles. The first kappa shape index (κ1) is 16.7. The van der Waals surface area contributed by atoms with Crippen molar-refractivity contribution in [3.05, 3.63) is 49.3 Å². The molecule has 8 heteroatoms. The molecule has 0 fully saturated rings. The number of rotatable bonds is 3. The first-order valence-electron chi connectivity index (χ1n) is 7.52. The standard InChI is InChI=1S/C16H16ClN3O3S/c1-8-2-4-10-13(6-8)24-15(18)14(10)16(21)19-12-7-9(20(22)23)3-5-11(12)17/h3,5,7-8H,2,4,6,18H2,1H3,(H,19,21). The molecule has 1 aliphatic rings. The number of hydrogen-bond acceptors (Lipinski definition) is 5. The van der Waals surface area contributed by atoms with Gasteiger partial charge in [0.05, 0.1) is 26.2 Å². The van der Waals surface area contributed by atoms with E-state index in [1.165, 1.54) is 29.5 Å². The molecule has 1 atom stereocenters. The largest absolute Gasteiger partial charge is 0.390 e. The lowest BCUT2D eigenvalue weighted by atomic mass is 9.88. The molecular formula is C16H16ClN3O3S. The number of benzene rings is 1. The van der Waals surface area contributed by atoms with E-state index in [-0.39, 0.29) is 22.3 Å². The smallest absolute Gasteiger partial charge is 0.271 e. The second-order valence-electron chi connectivity index (χ2n) is 5.97. The maximum Gasteiger partial charge on any atom is 0.271 e. The summed E-state index contributed by atoms with van der Waals surface area (Å²) in [6.07, 6.45) is 2.76. The number of nitrogens with zero attached hydrogens (tertiary/aromatic N) is 1. The van der Waals surface area contributed by atoms with Crippen molar-refractivity contribution in [3.8, 4) is 0 Å². The molecule has 3 N–H and O–H groups in total. The normalized spacial score (nSPS) is 16.5. The lowest BCUT2D eigenvalue weighted by Crippen LogP contribution is -2.17. The van der Waals surface area contributed by atoms with Crippen LogP contribution in [0.4, 0.5) is 16.4 Å². The Morgan fingerprint density at radius 1 is 1.50 bits per heavy atom. The fraction of sp³-hybridized carbons (Fsp3) is 0.312. The van der Waals surface area contributed by atoms with Gasteiger partial charge in [0, 0.05) is 17.0 Å². The van der Waals surface area contributed by atoms with E-state index >= 15 is 0 Å². The maximum atomic E-state index is 12.7. The Hall–Kier alpha value is -2.12. The monoisotopic (exact) mass is 365 g/mol. The predicted octanol–water partition coefficient (Wildman–Crippen LogP) is 4.27. The number of anilines is 2. The minimum atomic E-state index is -0.534. The number of carbonyl (C=O) groups is 1. The SMILES string of the molecule is CC1CCc2c(sc(N)c2C(=O)Nc2cc([N+](=O)[O-])ccc2Cl)C1. The van der Waals surface area contributed by atoms with Crippen molar-refractivity contribution < 1.29 is 9.72 Å². The molecule has 1 unspecified atom stereocenters. The molecule has 24 heavy (non-hydrogen) atoms. The zero-order chi connectivity index (χ0) is 17.4. The summed E-state index contributed by atoms with van der Waals surface area (Å²) in [5.74, 6) is 0.208. The average molecular weight is 366 g/mol. The van der Waals surface area contributed by atoms with Crippen LogP contribution < -0.4 is 11.1 Å². The van der Waals surface area contributed by atoms with Crippen molar-refractivity contribution in [3.63, 3.8) is 0 Å². The molecule has 0 bridgehead atoms. The summed E-state index contributed by atoms with van der Waals surface area (Å²) in [5, 5.41) is 14.3. The lowest BCUT2D eigenvalue weighted by Gasteiger charge is -2.18. The summed E-state index contributed by atoms with van der Waals surface area (Å²) in [4.78, 5) is 24.2. The number of carbonyl (C=O) groups excluding carboxylic acids is 1. The fourth-order valence-corrected chi connectivity index (χ4v) is 4.37. The van der Waals surface area contributed by atoms with Crippen molar-refractivity contribution >= 4 is 45.2 Å². The topological polar surface area (TPSA) is 98.3 Å². The van der Waals surface area contributed by atoms with Crippen LogP contribution in [0.15, 0.2) is 18.2 Å². The highest BCUT2D eigenvalue weighted by molar-refractivity contribution is 7.16. The van der Waals surface area contributed by atoms with Gasteiger partial charge in [-0.25, -0.2) is 0 Å². The maximum absolute atomic E-state index is 12.7. The van der Waals surface area contributed by atoms with Crippen LogP contribution in [-0.4, -0.2) is 10.8 Å². The van der Waals surface area contributed by atoms with Crippen LogP contribution in [0.3, 0.4) is 0 Å². The highest BCUT2D eigenvalue weighted by Crippen LogP contribution is 2.38.